The van der Waals surface area contributed by atoms with Crippen molar-refractivity contribution >= 4 is 18.1 Å². The number of halogens is 3. The zero-order valence-electron chi connectivity index (χ0n) is 14.5. The van der Waals surface area contributed by atoms with E-state index >= 15 is 0 Å². The number of sulfone groups is 1. The monoisotopic (exact) mass is 439 g/mol. The Morgan fingerprint density at radius 1 is 1.25 bits per heavy atom. The number of nitrogens with zero attached hydrogens (tertiary/aromatic N) is 3. The first-order valence-corrected chi connectivity index (χ1v) is 11.2. The van der Waals surface area contributed by atoms with Crippen LogP contribution in [0.25, 0.3) is 0 Å². The predicted octanol–water partition coefficient (Wildman–Crippen LogP) is 2.17. The first-order valence-electron chi connectivity index (χ1n) is 8.03. The maximum absolute atomic E-state index is 12.9. The van der Waals surface area contributed by atoms with Crippen molar-refractivity contribution in [1.82, 2.24) is 14.8 Å². The Morgan fingerprint density at radius 3 is 2.21 bits per heavy atom. The van der Waals surface area contributed by atoms with E-state index in [0.717, 1.165) is 30.5 Å². The third-order valence-corrected chi connectivity index (χ3v) is 7.62. The summed E-state index contributed by atoms with van der Waals surface area (Å²) in [7, 11) is -7.51. The lowest BCUT2D eigenvalue weighted by Crippen LogP contribution is -2.50. The number of benzene rings is 1. The van der Waals surface area contributed by atoms with E-state index < -0.39 is 40.2 Å². The Morgan fingerprint density at radius 2 is 1.82 bits per heavy atom. The van der Waals surface area contributed by atoms with Crippen molar-refractivity contribution in [3.8, 4) is 0 Å². The van der Waals surface area contributed by atoms with Gasteiger partial charge in [0.15, 0.2) is 9.84 Å². The molecule has 1 saturated carbocycles. The van der Waals surface area contributed by atoms with E-state index in [9.17, 15) is 31.0 Å². The molecule has 0 amide bonds. The fraction of sp³-hybridized carbons (Fsp3) is 0.467. The number of hydrogen-bond acceptors (Lipinski definition) is 6. The van der Waals surface area contributed by atoms with Gasteiger partial charge in [0.1, 0.15) is 23.0 Å². The number of hydrogen-bond donors (Lipinski definition) is 1. The highest BCUT2D eigenvalue weighted by molar-refractivity contribution is 7.92. The van der Waals surface area contributed by atoms with Crippen molar-refractivity contribution in [2.45, 2.75) is 35.9 Å². The molecule has 2 aromatic rings. The molecule has 154 valence electrons. The maximum Gasteiger partial charge on any atom is 0.416 e. The van der Waals surface area contributed by atoms with Gasteiger partial charge in [0.2, 0.25) is 0 Å². The number of rotatable bonds is 7. The summed E-state index contributed by atoms with van der Waals surface area (Å²) < 4.78 is 80.6. The van der Waals surface area contributed by atoms with Gasteiger partial charge >= 0.3 is 14.4 Å². The molecule has 0 saturated heterocycles. The second kappa shape index (κ2) is 6.94. The molecule has 1 aromatic carbocycles. The number of aromatic nitrogens is 3. The highest BCUT2D eigenvalue weighted by Gasteiger charge is 2.68. The summed E-state index contributed by atoms with van der Waals surface area (Å²) in [4.78, 5) is 13.3. The van der Waals surface area contributed by atoms with Gasteiger partial charge in [0.05, 0.1) is 12.1 Å². The average molecular weight is 439 g/mol. The molecule has 1 fully saturated rings. The van der Waals surface area contributed by atoms with E-state index in [1.807, 2.05) is 0 Å². The quantitative estimate of drug-likeness (QED) is 0.658. The Hall–Kier alpha value is -1.75. The minimum Gasteiger partial charge on any atom is -0.326 e. The largest absolute Gasteiger partial charge is 0.416 e. The zero-order chi connectivity index (χ0) is 20.8. The van der Waals surface area contributed by atoms with Gasteiger partial charge in [-0.15, -0.1) is 0 Å². The van der Waals surface area contributed by atoms with Gasteiger partial charge in [0, 0.05) is 6.26 Å². The first kappa shape index (κ1) is 21.0. The Kier molecular flexibility index (Phi) is 5.20. The Balaban J connectivity index is 2.22. The van der Waals surface area contributed by atoms with Crippen LogP contribution in [-0.2, 0) is 37.2 Å². The van der Waals surface area contributed by atoms with Crippen molar-refractivity contribution < 1.29 is 35.6 Å². The standard InChI is InChI=1S/C15H17F3N3O5PS/c1-28(24,25)13(6-7-13)14(26-27(22)23,8-21-10-19-9-20-21)11-2-4-12(5-3-11)15(16,17)18/h2-5,9-10,27H,6-8H2,1H3,(H,22,23). The van der Waals surface area contributed by atoms with Crippen molar-refractivity contribution in [1.29, 1.82) is 0 Å². The third kappa shape index (κ3) is 3.61. The minimum atomic E-state index is -4.59. The second-order valence-electron chi connectivity index (χ2n) is 6.63. The molecule has 2 atom stereocenters. The van der Waals surface area contributed by atoms with Crippen LogP contribution in [0.5, 0.6) is 0 Å². The van der Waals surface area contributed by atoms with Crippen LogP contribution in [-0.4, -0.2) is 39.1 Å². The van der Waals surface area contributed by atoms with E-state index in [2.05, 4.69) is 10.1 Å². The van der Waals surface area contributed by atoms with Crippen molar-refractivity contribution in [2.24, 2.45) is 0 Å². The van der Waals surface area contributed by atoms with Crippen LogP contribution < -0.4 is 0 Å². The predicted molar refractivity (Wildman–Crippen MR) is 92.3 cm³/mol. The van der Waals surface area contributed by atoms with Gasteiger partial charge in [-0.25, -0.2) is 18.1 Å². The second-order valence-corrected chi connectivity index (χ2v) is 9.69. The summed E-state index contributed by atoms with van der Waals surface area (Å²) in [6.07, 6.45) is -0.938. The lowest BCUT2D eigenvalue weighted by atomic mass is 9.87. The summed E-state index contributed by atoms with van der Waals surface area (Å²) in [6, 6.07) is 3.69. The lowest BCUT2D eigenvalue weighted by Gasteiger charge is -2.39. The molecule has 0 aliphatic heterocycles. The highest BCUT2D eigenvalue weighted by atomic mass is 32.2. The van der Waals surface area contributed by atoms with Crippen LogP contribution in [0.2, 0.25) is 0 Å². The molecule has 2 unspecified atom stereocenters. The van der Waals surface area contributed by atoms with Gasteiger partial charge in [-0.3, -0.25) is 9.09 Å². The molecule has 3 rings (SSSR count). The summed E-state index contributed by atoms with van der Waals surface area (Å²) in [6.45, 7) is -0.317. The number of alkyl halides is 3. The minimum absolute atomic E-state index is 0.0336. The fourth-order valence-electron chi connectivity index (χ4n) is 3.49. The molecule has 0 spiro atoms. The fourth-order valence-corrected chi connectivity index (χ4v) is 5.91. The van der Waals surface area contributed by atoms with Crippen LogP contribution in [0.4, 0.5) is 13.2 Å². The van der Waals surface area contributed by atoms with E-state index in [-0.39, 0.29) is 24.9 Å². The van der Waals surface area contributed by atoms with Gasteiger partial charge in [-0.2, -0.15) is 18.3 Å². The molecular formula is C15H17F3N3O5PS. The molecular weight excluding hydrogens is 422 g/mol. The highest BCUT2D eigenvalue weighted by Crippen LogP contribution is 2.60. The van der Waals surface area contributed by atoms with Gasteiger partial charge in [-0.05, 0) is 30.5 Å². The first-order chi connectivity index (χ1) is 12.9. The van der Waals surface area contributed by atoms with Crippen LogP contribution >= 0.6 is 8.25 Å². The Labute approximate surface area is 159 Å². The SMILES string of the molecule is CS(=O)(=O)C1(C(Cn2cncn2)(O[PH](=O)O)c2ccc(C(F)(F)F)cc2)CC1. The van der Waals surface area contributed by atoms with E-state index in [4.69, 9.17) is 4.52 Å². The Bertz CT molecular complexity index is 975. The normalized spacial score (nSPS) is 19.8. The van der Waals surface area contributed by atoms with Crippen LogP contribution in [0.15, 0.2) is 36.9 Å². The topological polar surface area (TPSA) is 111 Å². The molecule has 0 radical (unpaired) electrons. The molecule has 0 bridgehead atoms. The summed E-state index contributed by atoms with van der Waals surface area (Å²) in [5.41, 5.74) is -2.82. The van der Waals surface area contributed by atoms with Gasteiger partial charge in [-0.1, -0.05) is 12.1 Å². The summed E-state index contributed by atoms with van der Waals surface area (Å²) >= 11 is 0. The van der Waals surface area contributed by atoms with Crippen LogP contribution in [0.1, 0.15) is 24.0 Å². The summed E-state index contributed by atoms with van der Waals surface area (Å²) in [5, 5.41) is 3.89. The molecule has 1 aromatic heterocycles. The van der Waals surface area contributed by atoms with Gasteiger partial charge < -0.3 is 4.89 Å². The summed E-state index contributed by atoms with van der Waals surface area (Å²) in [5.74, 6) is 0. The zero-order valence-corrected chi connectivity index (χ0v) is 16.4. The van der Waals surface area contributed by atoms with E-state index in [0.29, 0.717) is 0 Å². The smallest absolute Gasteiger partial charge is 0.326 e. The maximum atomic E-state index is 12.9. The van der Waals surface area contributed by atoms with E-state index in [1.165, 1.54) is 17.3 Å². The van der Waals surface area contributed by atoms with Crippen LogP contribution in [0, 0.1) is 0 Å². The van der Waals surface area contributed by atoms with Crippen molar-refractivity contribution in [3.63, 3.8) is 0 Å². The molecule has 1 heterocycles. The molecule has 13 heteroatoms. The molecule has 28 heavy (non-hydrogen) atoms. The van der Waals surface area contributed by atoms with Crippen molar-refractivity contribution in [2.75, 3.05) is 6.26 Å². The lowest BCUT2D eigenvalue weighted by molar-refractivity contribution is -0.137. The van der Waals surface area contributed by atoms with Gasteiger partial charge in [0.25, 0.3) is 0 Å². The van der Waals surface area contributed by atoms with E-state index in [1.54, 1.807) is 0 Å². The van der Waals surface area contributed by atoms with Crippen molar-refractivity contribution in [3.05, 3.63) is 48.0 Å². The molecule has 1 aliphatic carbocycles. The molecule has 8 nitrogen and oxygen atoms in total. The molecule has 1 N–H and O–H groups in total. The molecule has 1 aliphatic rings. The average Bonchev–Trinajstić information content (AvgIpc) is 3.26. The third-order valence-electron chi connectivity index (χ3n) is 4.94. The van der Waals surface area contributed by atoms with Crippen LogP contribution in [0.3, 0.4) is 0 Å².